The van der Waals surface area contributed by atoms with Crippen LogP contribution in [0.4, 0.5) is 11.4 Å². The topological polar surface area (TPSA) is 64.2 Å². The third-order valence-corrected chi connectivity index (χ3v) is 4.04. The summed E-state index contributed by atoms with van der Waals surface area (Å²) < 4.78 is 1.75. The van der Waals surface area contributed by atoms with Crippen LogP contribution in [0.2, 0.25) is 5.02 Å². The van der Waals surface area contributed by atoms with Crippen molar-refractivity contribution < 1.29 is 4.92 Å². The summed E-state index contributed by atoms with van der Waals surface area (Å²) in [6.07, 6.45) is 5.75. The van der Waals surface area contributed by atoms with Crippen molar-refractivity contribution >= 4 is 23.0 Å². The number of nitro benzene ring substituents is 1. The zero-order valence-corrected chi connectivity index (χ0v) is 12.3. The van der Waals surface area contributed by atoms with Gasteiger partial charge in [-0.2, -0.15) is 5.10 Å². The molecule has 1 aromatic heterocycles. The zero-order valence-electron chi connectivity index (χ0n) is 11.6. The molecule has 110 valence electrons. The first-order valence-electron chi connectivity index (χ1n) is 6.75. The molecule has 1 atom stereocenters. The minimum Gasteiger partial charge on any atom is -0.359 e. The standard InChI is InChI=1S/C14H15ClN4O2/c1-17-9-10(8-16-17)12-3-2-6-18(12)13-5-4-11(15)7-14(13)19(20)21/h4-5,7-9,12H,2-3,6H2,1H3. The van der Waals surface area contributed by atoms with Crippen LogP contribution in [0.1, 0.15) is 24.4 Å². The largest absolute Gasteiger partial charge is 0.359 e. The van der Waals surface area contributed by atoms with Crippen LogP contribution in [0.5, 0.6) is 0 Å². The van der Waals surface area contributed by atoms with E-state index in [-0.39, 0.29) is 16.7 Å². The Labute approximate surface area is 127 Å². The van der Waals surface area contributed by atoms with Crippen molar-refractivity contribution in [1.82, 2.24) is 9.78 Å². The predicted molar refractivity (Wildman–Crippen MR) is 80.6 cm³/mol. The van der Waals surface area contributed by atoms with Crippen molar-refractivity contribution in [3.05, 3.63) is 51.3 Å². The fourth-order valence-electron chi connectivity index (χ4n) is 2.90. The molecular weight excluding hydrogens is 292 g/mol. The molecule has 0 aliphatic carbocycles. The van der Waals surface area contributed by atoms with E-state index in [0.29, 0.717) is 10.7 Å². The van der Waals surface area contributed by atoms with Crippen LogP contribution >= 0.6 is 11.6 Å². The molecule has 1 fully saturated rings. The molecule has 0 bridgehead atoms. The van der Waals surface area contributed by atoms with E-state index in [1.54, 1.807) is 16.8 Å². The number of hydrogen-bond acceptors (Lipinski definition) is 4. The van der Waals surface area contributed by atoms with Crippen molar-refractivity contribution in [3.8, 4) is 0 Å². The third kappa shape index (κ3) is 2.58. The number of halogens is 1. The van der Waals surface area contributed by atoms with Gasteiger partial charge in [-0.15, -0.1) is 0 Å². The summed E-state index contributed by atoms with van der Waals surface area (Å²) in [5.41, 5.74) is 1.76. The number of rotatable bonds is 3. The van der Waals surface area contributed by atoms with E-state index in [2.05, 4.69) is 10.00 Å². The van der Waals surface area contributed by atoms with Gasteiger partial charge in [-0.1, -0.05) is 11.6 Å². The Morgan fingerprint density at radius 1 is 1.48 bits per heavy atom. The second-order valence-corrected chi connectivity index (χ2v) is 5.63. The molecule has 2 aromatic rings. The fraction of sp³-hybridized carbons (Fsp3) is 0.357. The maximum absolute atomic E-state index is 11.3. The normalized spacial score (nSPS) is 18.2. The highest BCUT2D eigenvalue weighted by atomic mass is 35.5. The van der Waals surface area contributed by atoms with Gasteiger partial charge in [0.15, 0.2) is 0 Å². The summed E-state index contributed by atoms with van der Waals surface area (Å²) in [7, 11) is 1.87. The van der Waals surface area contributed by atoms with Crippen LogP contribution in [0.25, 0.3) is 0 Å². The van der Waals surface area contributed by atoms with Crippen molar-refractivity contribution in [3.63, 3.8) is 0 Å². The summed E-state index contributed by atoms with van der Waals surface area (Å²) in [6.45, 7) is 0.794. The molecule has 1 aliphatic heterocycles. The van der Waals surface area contributed by atoms with Gasteiger partial charge in [0.05, 0.1) is 17.2 Å². The van der Waals surface area contributed by atoms with Crippen LogP contribution in [-0.2, 0) is 7.05 Å². The van der Waals surface area contributed by atoms with E-state index < -0.39 is 0 Å². The van der Waals surface area contributed by atoms with Gasteiger partial charge in [0.2, 0.25) is 0 Å². The lowest BCUT2D eigenvalue weighted by atomic mass is 10.1. The van der Waals surface area contributed by atoms with Crippen molar-refractivity contribution in [1.29, 1.82) is 0 Å². The summed E-state index contributed by atoms with van der Waals surface area (Å²) in [4.78, 5) is 13.0. The summed E-state index contributed by atoms with van der Waals surface area (Å²) in [6, 6.07) is 4.96. The van der Waals surface area contributed by atoms with Gasteiger partial charge in [-0.3, -0.25) is 14.8 Å². The van der Waals surface area contributed by atoms with Crippen LogP contribution in [0.3, 0.4) is 0 Å². The smallest absolute Gasteiger partial charge is 0.294 e. The number of hydrogen-bond donors (Lipinski definition) is 0. The van der Waals surface area contributed by atoms with Crippen LogP contribution in [0, 0.1) is 10.1 Å². The van der Waals surface area contributed by atoms with E-state index in [9.17, 15) is 10.1 Å². The minimum absolute atomic E-state index is 0.0540. The molecule has 0 radical (unpaired) electrons. The van der Waals surface area contributed by atoms with E-state index in [4.69, 9.17) is 11.6 Å². The van der Waals surface area contributed by atoms with Gasteiger partial charge < -0.3 is 4.90 Å². The van der Waals surface area contributed by atoms with Crippen LogP contribution in [0.15, 0.2) is 30.6 Å². The lowest BCUT2D eigenvalue weighted by molar-refractivity contribution is -0.384. The Balaban J connectivity index is 2.01. The van der Waals surface area contributed by atoms with Gasteiger partial charge >= 0.3 is 0 Å². The highest BCUT2D eigenvalue weighted by Gasteiger charge is 2.31. The molecule has 7 heteroatoms. The number of aromatic nitrogens is 2. The first-order chi connectivity index (χ1) is 10.1. The lowest BCUT2D eigenvalue weighted by Gasteiger charge is -2.25. The average Bonchev–Trinajstić information content (AvgIpc) is 3.06. The fourth-order valence-corrected chi connectivity index (χ4v) is 3.07. The Morgan fingerprint density at radius 2 is 2.29 bits per heavy atom. The van der Waals surface area contributed by atoms with Crippen molar-refractivity contribution in [2.24, 2.45) is 7.05 Å². The zero-order chi connectivity index (χ0) is 15.0. The number of nitrogens with zero attached hydrogens (tertiary/aromatic N) is 4. The lowest BCUT2D eigenvalue weighted by Crippen LogP contribution is -2.23. The second-order valence-electron chi connectivity index (χ2n) is 5.19. The maximum atomic E-state index is 11.3. The highest BCUT2D eigenvalue weighted by molar-refractivity contribution is 6.30. The first-order valence-corrected chi connectivity index (χ1v) is 7.13. The molecule has 0 N–H and O–H groups in total. The molecule has 0 amide bonds. The monoisotopic (exact) mass is 306 g/mol. The Kier molecular flexibility index (Phi) is 3.55. The highest BCUT2D eigenvalue weighted by Crippen LogP contribution is 2.41. The van der Waals surface area contributed by atoms with Crippen molar-refractivity contribution in [2.45, 2.75) is 18.9 Å². The Morgan fingerprint density at radius 3 is 2.95 bits per heavy atom. The van der Waals surface area contributed by atoms with Gasteiger partial charge in [-0.25, -0.2) is 0 Å². The molecule has 2 heterocycles. The minimum atomic E-state index is -0.375. The van der Waals surface area contributed by atoms with Gasteiger partial charge in [0.1, 0.15) is 5.69 Å². The maximum Gasteiger partial charge on any atom is 0.294 e. The quantitative estimate of drug-likeness (QED) is 0.644. The number of nitro groups is 1. The first kappa shape index (κ1) is 13.9. The van der Waals surface area contributed by atoms with Gasteiger partial charge in [0, 0.05) is 36.4 Å². The molecule has 0 spiro atoms. The van der Waals surface area contributed by atoms with Crippen molar-refractivity contribution in [2.75, 3.05) is 11.4 Å². The van der Waals surface area contributed by atoms with Gasteiger partial charge in [-0.05, 0) is 25.0 Å². The molecule has 1 saturated heterocycles. The molecule has 1 aromatic carbocycles. The molecule has 3 rings (SSSR count). The SMILES string of the molecule is Cn1cc(C2CCCN2c2ccc(Cl)cc2[N+](=O)[O-])cn1. The van der Waals surface area contributed by atoms with E-state index in [1.807, 2.05) is 19.4 Å². The summed E-state index contributed by atoms with van der Waals surface area (Å²) in [5.74, 6) is 0. The molecule has 21 heavy (non-hydrogen) atoms. The Bertz CT molecular complexity index is 685. The van der Waals surface area contributed by atoms with E-state index in [0.717, 1.165) is 24.9 Å². The Hall–Kier alpha value is -2.08. The number of aryl methyl sites for hydroxylation is 1. The number of benzene rings is 1. The second kappa shape index (κ2) is 5.37. The van der Waals surface area contributed by atoms with Crippen LogP contribution < -0.4 is 4.90 Å². The van der Waals surface area contributed by atoms with Crippen LogP contribution in [-0.4, -0.2) is 21.2 Å². The molecule has 1 unspecified atom stereocenters. The molecule has 6 nitrogen and oxygen atoms in total. The van der Waals surface area contributed by atoms with E-state index >= 15 is 0 Å². The predicted octanol–water partition coefficient (Wildman–Crippen LogP) is 3.32. The molecule has 0 saturated carbocycles. The number of anilines is 1. The summed E-state index contributed by atoms with van der Waals surface area (Å²) in [5, 5.41) is 15.9. The third-order valence-electron chi connectivity index (χ3n) is 3.81. The summed E-state index contributed by atoms with van der Waals surface area (Å²) >= 11 is 5.89. The molecule has 1 aliphatic rings. The average molecular weight is 307 g/mol. The van der Waals surface area contributed by atoms with Gasteiger partial charge in [0.25, 0.3) is 5.69 Å². The molecular formula is C14H15ClN4O2. The van der Waals surface area contributed by atoms with E-state index in [1.165, 1.54) is 6.07 Å².